The highest BCUT2D eigenvalue weighted by molar-refractivity contribution is 7.92. The first kappa shape index (κ1) is 11.6. The van der Waals surface area contributed by atoms with Gasteiger partial charge in [0.15, 0.2) is 9.84 Å². The number of rotatable bonds is 3. The summed E-state index contributed by atoms with van der Waals surface area (Å²) in [5.41, 5.74) is 0.712. The highest BCUT2D eigenvalue weighted by Crippen LogP contribution is 2.23. The second kappa shape index (κ2) is 4.16. The number of hydrogen-bond acceptors (Lipinski definition) is 4. The van der Waals surface area contributed by atoms with Gasteiger partial charge in [0.25, 0.3) is 0 Å². The van der Waals surface area contributed by atoms with Gasteiger partial charge in [-0.2, -0.15) is 0 Å². The predicted molar refractivity (Wildman–Crippen MR) is 58.9 cm³/mol. The SMILES string of the molecule is CC(O)c1ccc(S(=O)(=O)C2COC2)cc1. The van der Waals surface area contributed by atoms with Crippen LogP contribution in [0.1, 0.15) is 18.6 Å². The molecule has 2 rings (SSSR count). The molecule has 1 heterocycles. The molecule has 88 valence electrons. The average molecular weight is 242 g/mol. The molecule has 1 atom stereocenters. The first-order valence-corrected chi connectivity index (χ1v) is 6.66. The van der Waals surface area contributed by atoms with Crippen molar-refractivity contribution in [1.82, 2.24) is 0 Å². The zero-order chi connectivity index (χ0) is 11.8. The van der Waals surface area contributed by atoms with Gasteiger partial charge in [-0.1, -0.05) is 12.1 Å². The van der Waals surface area contributed by atoms with Gasteiger partial charge in [0.1, 0.15) is 5.25 Å². The van der Waals surface area contributed by atoms with E-state index in [0.717, 1.165) is 0 Å². The van der Waals surface area contributed by atoms with Gasteiger partial charge in [0.05, 0.1) is 24.2 Å². The summed E-state index contributed by atoms with van der Waals surface area (Å²) < 4.78 is 28.8. The smallest absolute Gasteiger partial charge is 0.185 e. The quantitative estimate of drug-likeness (QED) is 0.855. The monoisotopic (exact) mass is 242 g/mol. The fraction of sp³-hybridized carbons (Fsp3) is 0.455. The van der Waals surface area contributed by atoms with Crippen molar-refractivity contribution >= 4 is 9.84 Å². The van der Waals surface area contributed by atoms with Crippen LogP contribution in [0.4, 0.5) is 0 Å². The summed E-state index contributed by atoms with van der Waals surface area (Å²) in [5, 5.41) is 8.90. The number of aliphatic hydroxyl groups excluding tert-OH is 1. The fourth-order valence-corrected chi connectivity index (χ4v) is 2.97. The molecule has 1 aliphatic rings. The average Bonchev–Trinajstić information content (AvgIpc) is 2.14. The number of aliphatic hydroxyl groups is 1. The standard InChI is InChI=1S/C11H14O4S/c1-8(12)9-2-4-10(5-3-9)16(13,14)11-6-15-7-11/h2-5,8,11-12H,6-7H2,1H3. The van der Waals surface area contributed by atoms with Crippen LogP contribution < -0.4 is 0 Å². The molecule has 0 radical (unpaired) electrons. The van der Waals surface area contributed by atoms with E-state index in [-0.39, 0.29) is 13.2 Å². The lowest BCUT2D eigenvalue weighted by Gasteiger charge is -2.25. The molecule has 0 aliphatic carbocycles. The Morgan fingerprint density at radius 2 is 1.88 bits per heavy atom. The molecular formula is C11H14O4S. The van der Waals surface area contributed by atoms with Crippen molar-refractivity contribution in [1.29, 1.82) is 0 Å². The summed E-state index contributed by atoms with van der Waals surface area (Å²) in [7, 11) is -3.25. The first-order chi connectivity index (χ1) is 7.51. The van der Waals surface area contributed by atoms with E-state index in [0.29, 0.717) is 10.5 Å². The molecule has 1 fully saturated rings. The summed E-state index contributed by atoms with van der Waals surface area (Å²) in [4.78, 5) is 0.296. The lowest BCUT2D eigenvalue weighted by atomic mass is 10.1. The molecule has 1 aromatic carbocycles. The van der Waals surface area contributed by atoms with Crippen LogP contribution in [0.15, 0.2) is 29.2 Å². The molecular weight excluding hydrogens is 228 g/mol. The van der Waals surface area contributed by atoms with E-state index in [1.165, 1.54) is 12.1 Å². The summed E-state index contributed by atoms with van der Waals surface area (Å²) in [6, 6.07) is 6.35. The topological polar surface area (TPSA) is 63.6 Å². The molecule has 0 saturated carbocycles. The molecule has 1 saturated heterocycles. The Balaban J connectivity index is 2.27. The van der Waals surface area contributed by atoms with Crippen LogP contribution >= 0.6 is 0 Å². The van der Waals surface area contributed by atoms with Crippen molar-refractivity contribution < 1.29 is 18.3 Å². The van der Waals surface area contributed by atoms with E-state index in [9.17, 15) is 13.5 Å². The molecule has 1 aromatic rings. The van der Waals surface area contributed by atoms with Crippen LogP contribution in [0.2, 0.25) is 0 Å². The minimum atomic E-state index is -3.25. The Morgan fingerprint density at radius 3 is 2.25 bits per heavy atom. The van der Waals surface area contributed by atoms with Crippen LogP contribution in [-0.4, -0.2) is 32.0 Å². The minimum absolute atomic E-state index is 0.278. The lowest BCUT2D eigenvalue weighted by Crippen LogP contribution is -2.40. The maximum absolute atomic E-state index is 12.0. The van der Waals surface area contributed by atoms with Gasteiger partial charge in [-0.25, -0.2) is 8.42 Å². The highest BCUT2D eigenvalue weighted by atomic mass is 32.2. The molecule has 16 heavy (non-hydrogen) atoms. The van der Waals surface area contributed by atoms with Crippen LogP contribution in [0.3, 0.4) is 0 Å². The van der Waals surface area contributed by atoms with Crippen molar-refractivity contribution in [2.75, 3.05) is 13.2 Å². The van der Waals surface area contributed by atoms with Crippen LogP contribution in [0, 0.1) is 0 Å². The van der Waals surface area contributed by atoms with Crippen molar-refractivity contribution in [3.8, 4) is 0 Å². The van der Waals surface area contributed by atoms with E-state index >= 15 is 0 Å². The van der Waals surface area contributed by atoms with Gasteiger partial charge in [-0.05, 0) is 24.6 Å². The van der Waals surface area contributed by atoms with Crippen LogP contribution in [-0.2, 0) is 14.6 Å². The van der Waals surface area contributed by atoms with Crippen molar-refractivity contribution in [2.45, 2.75) is 23.2 Å². The van der Waals surface area contributed by atoms with Gasteiger partial charge in [-0.15, -0.1) is 0 Å². The molecule has 0 bridgehead atoms. The summed E-state index contributed by atoms with van der Waals surface area (Å²) in [5.74, 6) is 0. The third-order valence-electron chi connectivity index (χ3n) is 2.74. The molecule has 1 aliphatic heterocycles. The van der Waals surface area contributed by atoms with Crippen LogP contribution in [0.5, 0.6) is 0 Å². The van der Waals surface area contributed by atoms with Crippen molar-refractivity contribution in [2.24, 2.45) is 0 Å². The predicted octanol–water partition coefficient (Wildman–Crippen LogP) is 0.912. The zero-order valence-corrected chi connectivity index (χ0v) is 9.78. The minimum Gasteiger partial charge on any atom is -0.389 e. The molecule has 5 heteroatoms. The Bertz CT molecular complexity index is 457. The molecule has 0 amide bonds. The summed E-state index contributed by atoms with van der Waals surface area (Å²) in [6.07, 6.45) is -0.580. The molecule has 4 nitrogen and oxygen atoms in total. The molecule has 1 unspecified atom stereocenters. The number of hydrogen-bond donors (Lipinski definition) is 1. The highest BCUT2D eigenvalue weighted by Gasteiger charge is 2.33. The number of ether oxygens (including phenoxy) is 1. The number of sulfone groups is 1. The van der Waals surface area contributed by atoms with Crippen molar-refractivity contribution in [3.05, 3.63) is 29.8 Å². The fourth-order valence-electron chi connectivity index (χ4n) is 1.52. The third-order valence-corrected chi connectivity index (χ3v) is 4.82. The molecule has 1 N–H and O–H groups in total. The first-order valence-electron chi connectivity index (χ1n) is 5.11. The Hall–Kier alpha value is -0.910. The zero-order valence-electron chi connectivity index (χ0n) is 8.96. The maximum Gasteiger partial charge on any atom is 0.185 e. The van der Waals surface area contributed by atoms with Gasteiger partial charge in [0.2, 0.25) is 0 Å². The summed E-state index contributed by atoms with van der Waals surface area (Å²) in [6.45, 7) is 2.20. The van der Waals surface area contributed by atoms with Crippen LogP contribution in [0.25, 0.3) is 0 Å². The van der Waals surface area contributed by atoms with Crippen molar-refractivity contribution in [3.63, 3.8) is 0 Å². The number of benzene rings is 1. The van der Waals surface area contributed by atoms with E-state index < -0.39 is 21.2 Å². The molecule has 0 aromatic heterocycles. The lowest BCUT2D eigenvalue weighted by molar-refractivity contribution is 0.0416. The van der Waals surface area contributed by atoms with E-state index in [1.54, 1.807) is 19.1 Å². The third kappa shape index (κ3) is 1.98. The maximum atomic E-state index is 12.0. The van der Waals surface area contributed by atoms with Gasteiger partial charge in [0, 0.05) is 0 Å². The normalized spacial score (nSPS) is 19.1. The van der Waals surface area contributed by atoms with E-state index in [4.69, 9.17) is 4.74 Å². The Morgan fingerprint density at radius 1 is 1.31 bits per heavy atom. The second-order valence-corrected chi connectivity index (χ2v) is 6.18. The van der Waals surface area contributed by atoms with Gasteiger partial charge >= 0.3 is 0 Å². The largest absolute Gasteiger partial charge is 0.389 e. The van der Waals surface area contributed by atoms with Gasteiger partial charge in [-0.3, -0.25) is 0 Å². The Kier molecular flexibility index (Phi) is 3.01. The van der Waals surface area contributed by atoms with Gasteiger partial charge < -0.3 is 9.84 Å². The Labute approximate surface area is 94.8 Å². The second-order valence-electron chi connectivity index (χ2n) is 3.95. The molecule has 0 spiro atoms. The van der Waals surface area contributed by atoms with E-state index in [2.05, 4.69) is 0 Å². The summed E-state index contributed by atoms with van der Waals surface area (Å²) >= 11 is 0. The van der Waals surface area contributed by atoms with E-state index in [1.807, 2.05) is 0 Å².